The van der Waals surface area contributed by atoms with Gasteiger partial charge in [-0.15, -0.1) is 0 Å². The zero-order chi connectivity index (χ0) is 28.2. The number of para-hydroxylation sites is 1. The van der Waals surface area contributed by atoms with Crippen molar-refractivity contribution < 1.29 is 23.9 Å². The van der Waals surface area contributed by atoms with Crippen LogP contribution in [0.1, 0.15) is 55.5 Å². The quantitative estimate of drug-likeness (QED) is 0.471. The second-order valence-electron chi connectivity index (χ2n) is 10.3. The Kier molecular flexibility index (Phi) is 11.3. The van der Waals surface area contributed by atoms with Crippen LogP contribution in [0.4, 0.5) is 0 Å². The molecule has 39 heavy (non-hydrogen) atoms. The van der Waals surface area contributed by atoms with E-state index >= 15 is 0 Å². The Balaban J connectivity index is 1.75. The molecule has 0 aromatic heterocycles. The van der Waals surface area contributed by atoms with E-state index < -0.39 is 18.0 Å². The van der Waals surface area contributed by atoms with E-state index in [1.165, 1.54) is 10.5 Å². The lowest BCUT2D eigenvalue weighted by Gasteiger charge is -2.26. The topological polar surface area (TPSA) is 117 Å². The lowest BCUT2D eigenvalue weighted by Crippen LogP contribution is -2.50. The third kappa shape index (κ3) is 9.42. The second-order valence-corrected chi connectivity index (χ2v) is 10.3. The number of benzene rings is 2. The van der Waals surface area contributed by atoms with E-state index in [2.05, 4.69) is 16.0 Å². The number of nitrogens with one attached hydrogen (secondary N) is 3. The molecule has 0 saturated carbocycles. The molecule has 3 rings (SSSR count). The van der Waals surface area contributed by atoms with Gasteiger partial charge < -0.3 is 25.6 Å². The van der Waals surface area contributed by atoms with Crippen molar-refractivity contribution in [3.63, 3.8) is 0 Å². The normalized spacial score (nSPS) is 19.2. The third-order valence-corrected chi connectivity index (χ3v) is 6.60. The fraction of sp³-hybridized carbons (Fsp3) is 0.467. The molecule has 9 heteroatoms. The Bertz CT molecular complexity index is 1120. The molecule has 0 fully saturated rings. The number of nitrogens with zero attached hydrogens (tertiary/aromatic N) is 1. The van der Waals surface area contributed by atoms with Gasteiger partial charge in [-0.25, -0.2) is 0 Å². The van der Waals surface area contributed by atoms with Crippen LogP contribution < -0.4 is 20.7 Å². The summed E-state index contributed by atoms with van der Waals surface area (Å²) in [6.07, 6.45) is 2.10. The van der Waals surface area contributed by atoms with Crippen LogP contribution in [0.25, 0.3) is 0 Å². The second kappa shape index (κ2) is 14.9. The summed E-state index contributed by atoms with van der Waals surface area (Å²) in [6, 6.07) is 15.2. The van der Waals surface area contributed by atoms with Crippen molar-refractivity contribution >= 4 is 23.6 Å². The molecule has 0 saturated heterocycles. The number of likely N-dealkylation sites (N-methyl/N-ethyl adjacent to an activating group) is 1. The summed E-state index contributed by atoms with van der Waals surface area (Å²) in [7, 11) is 1.67. The molecule has 2 atom stereocenters. The van der Waals surface area contributed by atoms with Crippen molar-refractivity contribution in [3.8, 4) is 5.75 Å². The Morgan fingerprint density at radius 1 is 1.05 bits per heavy atom. The summed E-state index contributed by atoms with van der Waals surface area (Å²) < 4.78 is 5.86. The van der Waals surface area contributed by atoms with Crippen molar-refractivity contribution in [1.29, 1.82) is 0 Å². The predicted molar refractivity (Wildman–Crippen MR) is 149 cm³/mol. The fourth-order valence-electron chi connectivity index (χ4n) is 4.46. The van der Waals surface area contributed by atoms with Crippen LogP contribution in [0.15, 0.2) is 54.6 Å². The highest BCUT2D eigenvalue weighted by Gasteiger charge is 2.28. The van der Waals surface area contributed by atoms with Crippen LogP contribution in [0.3, 0.4) is 0 Å². The number of carbonyl (C=O) groups is 4. The SMILES string of the molecule is CC(C)C[C@@H]1NC(=O)CC[C@@H](C(=O)NCCCc2ccccc2)NC(=O)c2ccccc2OCCN(C)C1=O. The van der Waals surface area contributed by atoms with Crippen LogP contribution >= 0.6 is 0 Å². The van der Waals surface area contributed by atoms with Crippen LogP contribution in [-0.4, -0.2) is 67.4 Å². The summed E-state index contributed by atoms with van der Waals surface area (Å²) in [5.41, 5.74) is 1.46. The van der Waals surface area contributed by atoms with Crippen molar-refractivity contribution in [1.82, 2.24) is 20.9 Å². The molecule has 0 radical (unpaired) electrons. The van der Waals surface area contributed by atoms with E-state index in [1.54, 1.807) is 31.3 Å². The average Bonchev–Trinajstić information content (AvgIpc) is 2.92. The minimum absolute atomic E-state index is 0.0217. The summed E-state index contributed by atoms with van der Waals surface area (Å²) in [6.45, 7) is 4.86. The minimum atomic E-state index is -0.930. The van der Waals surface area contributed by atoms with Crippen molar-refractivity contribution in [3.05, 3.63) is 65.7 Å². The van der Waals surface area contributed by atoms with E-state index in [4.69, 9.17) is 4.74 Å². The Labute approximate surface area is 230 Å². The van der Waals surface area contributed by atoms with Gasteiger partial charge in [-0.05, 0) is 49.3 Å². The van der Waals surface area contributed by atoms with Gasteiger partial charge in [-0.3, -0.25) is 19.2 Å². The first-order valence-electron chi connectivity index (χ1n) is 13.6. The molecule has 1 heterocycles. The van der Waals surface area contributed by atoms with Crippen molar-refractivity contribution in [2.24, 2.45) is 5.92 Å². The van der Waals surface area contributed by atoms with Gasteiger partial charge in [0.25, 0.3) is 5.91 Å². The first-order chi connectivity index (χ1) is 18.7. The van der Waals surface area contributed by atoms with Crippen molar-refractivity contribution in [2.75, 3.05) is 26.7 Å². The maximum absolute atomic E-state index is 13.2. The number of aryl methyl sites for hydroxylation is 1. The lowest BCUT2D eigenvalue weighted by atomic mass is 10.0. The average molecular weight is 537 g/mol. The smallest absolute Gasteiger partial charge is 0.255 e. The van der Waals surface area contributed by atoms with E-state index in [9.17, 15) is 19.2 Å². The Morgan fingerprint density at radius 2 is 1.77 bits per heavy atom. The maximum atomic E-state index is 13.2. The van der Waals surface area contributed by atoms with Crippen molar-refractivity contribution in [2.45, 2.75) is 58.0 Å². The van der Waals surface area contributed by atoms with Gasteiger partial charge in [-0.2, -0.15) is 0 Å². The summed E-state index contributed by atoms with van der Waals surface area (Å²) in [5, 5.41) is 8.53. The highest BCUT2D eigenvalue weighted by Crippen LogP contribution is 2.19. The van der Waals surface area contributed by atoms with Gasteiger partial charge in [0.05, 0.1) is 12.1 Å². The Hall–Kier alpha value is -3.88. The zero-order valence-corrected chi connectivity index (χ0v) is 23.1. The molecule has 0 aliphatic carbocycles. The number of rotatable bonds is 7. The third-order valence-electron chi connectivity index (χ3n) is 6.60. The molecule has 210 valence electrons. The van der Waals surface area contributed by atoms with Gasteiger partial charge in [-0.1, -0.05) is 56.3 Å². The minimum Gasteiger partial charge on any atom is -0.491 e. The summed E-state index contributed by atoms with van der Waals surface area (Å²) in [4.78, 5) is 53.8. The van der Waals surface area contributed by atoms with E-state index in [-0.39, 0.29) is 55.2 Å². The zero-order valence-electron chi connectivity index (χ0n) is 23.1. The standard InChI is InChI=1S/C30H40N4O5/c1-21(2)20-25-30(38)34(3)18-19-39-26-14-8-7-13-23(26)28(36)33-24(15-16-27(35)32-25)29(37)31-17-9-12-22-10-5-4-6-11-22/h4-8,10-11,13-14,21,24-25H,9,12,15-20H2,1-3H3,(H,31,37)(H,32,35)(H,33,36)/t24-,25-/m0/s1. The Morgan fingerprint density at radius 3 is 2.51 bits per heavy atom. The number of amides is 4. The summed E-state index contributed by atoms with van der Waals surface area (Å²) in [5.74, 6) is -0.822. The molecule has 9 nitrogen and oxygen atoms in total. The number of ether oxygens (including phenoxy) is 1. The molecule has 3 N–H and O–H groups in total. The van der Waals surface area contributed by atoms with Crippen LogP contribution in [0, 0.1) is 5.92 Å². The predicted octanol–water partition coefficient (Wildman–Crippen LogP) is 2.70. The van der Waals surface area contributed by atoms with Crippen LogP contribution in [0.2, 0.25) is 0 Å². The number of carbonyl (C=O) groups excluding carboxylic acids is 4. The molecular weight excluding hydrogens is 496 g/mol. The number of fused-ring (bicyclic) bond motifs is 1. The van der Waals surface area contributed by atoms with Gasteiger partial charge in [0.1, 0.15) is 24.4 Å². The highest BCUT2D eigenvalue weighted by molar-refractivity contribution is 5.99. The number of hydrogen-bond acceptors (Lipinski definition) is 5. The van der Waals surface area contributed by atoms with Gasteiger partial charge in [0.15, 0.2) is 0 Å². The number of hydrogen-bond donors (Lipinski definition) is 3. The molecule has 4 amide bonds. The van der Waals surface area contributed by atoms with Gasteiger partial charge >= 0.3 is 0 Å². The molecule has 1 aliphatic rings. The molecule has 1 aliphatic heterocycles. The molecule has 2 aromatic rings. The first kappa shape index (κ1) is 29.7. The molecule has 0 bridgehead atoms. The maximum Gasteiger partial charge on any atom is 0.255 e. The van der Waals surface area contributed by atoms with E-state index in [1.807, 2.05) is 44.2 Å². The van der Waals surface area contributed by atoms with Crippen LogP contribution in [0.5, 0.6) is 5.75 Å². The largest absolute Gasteiger partial charge is 0.491 e. The molecular formula is C30H40N4O5. The first-order valence-corrected chi connectivity index (χ1v) is 13.6. The molecule has 2 aromatic carbocycles. The monoisotopic (exact) mass is 536 g/mol. The van der Waals surface area contributed by atoms with E-state index in [0.717, 1.165) is 12.8 Å². The van der Waals surface area contributed by atoms with E-state index in [0.29, 0.717) is 18.7 Å². The highest BCUT2D eigenvalue weighted by atomic mass is 16.5. The van der Waals surface area contributed by atoms with Gasteiger partial charge in [0, 0.05) is 20.0 Å². The fourth-order valence-corrected chi connectivity index (χ4v) is 4.46. The molecule has 0 spiro atoms. The molecule has 0 unspecified atom stereocenters. The lowest BCUT2D eigenvalue weighted by molar-refractivity contribution is -0.136. The van der Waals surface area contributed by atoms with Gasteiger partial charge in [0.2, 0.25) is 17.7 Å². The summed E-state index contributed by atoms with van der Waals surface area (Å²) >= 11 is 0. The van der Waals surface area contributed by atoms with Crippen LogP contribution in [-0.2, 0) is 20.8 Å².